The highest BCUT2D eigenvalue weighted by atomic mass is 31.2. The summed E-state index contributed by atoms with van der Waals surface area (Å²) in [6.07, 6.45) is 0.392. The number of hydrogen-bond acceptors (Lipinski definition) is 17. The van der Waals surface area contributed by atoms with E-state index in [1.54, 1.807) is 68.6 Å². The van der Waals surface area contributed by atoms with Crippen LogP contribution >= 0.6 is 16.9 Å². The fourth-order valence-corrected chi connectivity index (χ4v) is 8.73. The molecule has 2 aliphatic rings. The fraction of sp³-hybridized carbons (Fsp3) is 0.459. The maximum Gasteiger partial charge on any atom is 0.488 e. The third-order valence-corrected chi connectivity index (χ3v) is 11.8. The van der Waals surface area contributed by atoms with Gasteiger partial charge in [0.1, 0.15) is 24.4 Å². The van der Waals surface area contributed by atoms with Crippen LogP contribution in [-0.4, -0.2) is 95.0 Å². The predicted molar refractivity (Wildman–Crippen MR) is 212 cm³/mol. The van der Waals surface area contributed by atoms with Crippen LogP contribution in [0.25, 0.3) is 16.8 Å². The highest BCUT2D eigenvalue weighted by molar-refractivity contribution is 7.41. The zero-order valence-electron chi connectivity index (χ0n) is 33.2. The third kappa shape index (κ3) is 9.51. The smallest absolute Gasteiger partial charge is 0.488 e. The number of H-pyrrole nitrogens is 1. The molecular formula is C37H42N10O12P2. The molecule has 10 unspecified atom stereocenters. The average Bonchev–Trinajstić information content (AvgIpc) is 4.01. The zero-order valence-corrected chi connectivity index (χ0v) is 35.0. The van der Waals surface area contributed by atoms with Crippen molar-refractivity contribution < 1.29 is 51.7 Å². The van der Waals surface area contributed by atoms with Gasteiger partial charge in [-0.3, -0.25) is 33.7 Å². The molecule has 2 amide bonds. The van der Waals surface area contributed by atoms with E-state index >= 15 is 0 Å². The average molecular weight is 881 g/mol. The van der Waals surface area contributed by atoms with Crippen LogP contribution in [0.15, 0.2) is 60.0 Å². The molecule has 0 aliphatic carbocycles. The summed E-state index contributed by atoms with van der Waals surface area (Å²) in [5, 5.41) is 24.9. The van der Waals surface area contributed by atoms with E-state index in [0.29, 0.717) is 16.9 Å². The number of aromatic amines is 1. The summed E-state index contributed by atoms with van der Waals surface area (Å²) in [4.78, 5) is 70.3. The molecule has 4 N–H and O–H groups in total. The van der Waals surface area contributed by atoms with Crippen LogP contribution in [0.1, 0.15) is 62.5 Å². The first kappa shape index (κ1) is 43.9. The number of anilines is 2. The summed E-state index contributed by atoms with van der Waals surface area (Å²) in [7, 11) is -5.69. The summed E-state index contributed by atoms with van der Waals surface area (Å²) in [6.45, 7) is 6.09. The number of hydrogen-bond donors (Lipinski definition) is 4. The number of aliphatic hydroxyl groups excluding tert-OH is 1. The molecule has 2 aliphatic heterocycles. The van der Waals surface area contributed by atoms with Crippen LogP contribution in [0.3, 0.4) is 0 Å². The predicted octanol–water partition coefficient (Wildman–Crippen LogP) is 3.27. The lowest BCUT2D eigenvalue weighted by molar-refractivity contribution is -0.192. The van der Waals surface area contributed by atoms with Crippen LogP contribution < -0.4 is 21.1 Å². The lowest BCUT2D eigenvalue weighted by Gasteiger charge is -2.27. The minimum absolute atomic E-state index is 0.0208. The number of carbonyl (C=O) groups excluding carboxylic acids is 2. The first-order valence-electron chi connectivity index (χ1n) is 19.2. The van der Waals surface area contributed by atoms with E-state index in [1.165, 1.54) is 23.3 Å². The lowest BCUT2D eigenvalue weighted by atomic mass is 9.97. The fourth-order valence-electron chi connectivity index (χ4n) is 7.01. The number of rotatable bonds is 17. The molecule has 322 valence electrons. The number of nitrogens with one attached hydrogen (secondary N) is 3. The zero-order chi connectivity index (χ0) is 43.4. The molecule has 2 saturated heterocycles. The lowest BCUT2D eigenvalue weighted by Crippen LogP contribution is -2.32. The van der Waals surface area contributed by atoms with E-state index in [9.17, 15) is 34.2 Å². The van der Waals surface area contributed by atoms with E-state index in [-0.39, 0.29) is 54.4 Å². The summed E-state index contributed by atoms with van der Waals surface area (Å²) in [5.41, 5.74) is 0.649. The molecule has 24 heteroatoms. The first-order chi connectivity index (χ1) is 29.4. The monoisotopic (exact) mass is 880 g/mol. The van der Waals surface area contributed by atoms with E-state index in [0.717, 1.165) is 0 Å². The molecule has 22 nitrogen and oxygen atoms in total. The molecule has 1 aromatic carbocycles. The highest BCUT2D eigenvalue weighted by Gasteiger charge is 2.50. The van der Waals surface area contributed by atoms with Crippen molar-refractivity contribution in [1.82, 2.24) is 33.9 Å². The molecular weight excluding hydrogens is 838 g/mol. The number of imidazole rings is 2. The second-order valence-electron chi connectivity index (χ2n) is 14.5. The maximum absolute atomic E-state index is 13.0. The minimum Gasteiger partial charge on any atom is -0.566 e. The largest absolute Gasteiger partial charge is 0.566 e. The van der Waals surface area contributed by atoms with E-state index in [2.05, 4.69) is 35.6 Å². The number of nitrogens with zero attached hydrogens (tertiary/aromatic N) is 7. The van der Waals surface area contributed by atoms with Crippen LogP contribution in [0, 0.1) is 29.1 Å². The van der Waals surface area contributed by atoms with Gasteiger partial charge in [0.05, 0.1) is 56.6 Å². The van der Waals surface area contributed by atoms with Gasteiger partial charge in [-0.2, -0.15) is 10.2 Å². The molecule has 2 fully saturated rings. The minimum atomic E-state index is -3.34. The number of ether oxygens (including phenoxy) is 2. The standard InChI is InChI=1S/C37H42N10O12P2/c1-19(2)33(49)44-37-43-31-26(35(51)45-37)41-18-47(31)36-29(20(3)24(16-48)57-36)59-61(54-14-8-11-38)55-17-25-28(58-60(52)53)21(4)27(56-25)23-15-40-32-30(39-12-13-46(23)32)42-34(50)22-9-6-5-7-10-22/h5-7,9-10,12-13,15,18-21,24-25,27-29,36,48H,8,14,16-17H2,1-4H3,(H,39,42,50)(H2,43,44,45,49,51). The van der Waals surface area contributed by atoms with Crippen molar-refractivity contribution in [2.45, 2.75) is 70.9 Å². The first-order valence-corrected chi connectivity index (χ1v) is 21.4. The molecule has 7 rings (SSSR count). The van der Waals surface area contributed by atoms with Crippen LogP contribution in [0.2, 0.25) is 0 Å². The van der Waals surface area contributed by atoms with Gasteiger partial charge in [0.25, 0.3) is 11.5 Å². The Hall–Kier alpha value is -5.17. The van der Waals surface area contributed by atoms with Gasteiger partial charge in [0.2, 0.25) is 11.9 Å². The summed E-state index contributed by atoms with van der Waals surface area (Å²) in [5.74, 6) is -2.18. The Morgan fingerprint density at radius 3 is 2.59 bits per heavy atom. The quantitative estimate of drug-likeness (QED) is 0.0770. The van der Waals surface area contributed by atoms with Crippen molar-refractivity contribution in [1.29, 1.82) is 5.26 Å². The second kappa shape index (κ2) is 19.3. The van der Waals surface area contributed by atoms with Crippen molar-refractivity contribution in [2.75, 3.05) is 30.5 Å². The number of fused-ring (bicyclic) bond motifs is 2. The third-order valence-electron chi connectivity index (χ3n) is 10.2. The van der Waals surface area contributed by atoms with Crippen LogP contribution in [-0.2, 0) is 36.9 Å². The van der Waals surface area contributed by atoms with Crippen molar-refractivity contribution >= 4 is 57.2 Å². The van der Waals surface area contributed by atoms with Crippen LogP contribution in [0.5, 0.6) is 0 Å². The summed E-state index contributed by atoms with van der Waals surface area (Å²) >= 11 is 0. The van der Waals surface area contributed by atoms with Gasteiger partial charge in [-0.25, -0.2) is 15.0 Å². The van der Waals surface area contributed by atoms with E-state index < -0.39 is 83.5 Å². The Morgan fingerprint density at radius 2 is 1.87 bits per heavy atom. The number of aromatic nitrogens is 7. The number of carbonyl (C=O) groups is 2. The summed E-state index contributed by atoms with van der Waals surface area (Å²) < 4.78 is 51.7. The van der Waals surface area contributed by atoms with E-state index in [4.69, 9.17) is 27.6 Å². The van der Waals surface area contributed by atoms with Crippen molar-refractivity contribution in [3.05, 3.63) is 76.9 Å². The van der Waals surface area contributed by atoms with Gasteiger partial charge < -0.3 is 38.4 Å². The molecule has 61 heavy (non-hydrogen) atoms. The second-order valence-corrected chi connectivity index (χ2v) is 16.4. The topological polar surface area (TPSA) is 291 Å². The molecule has 4 aromatic heterocycles. The Bertz CT molecular complexity index is 2480. The van der Waals surface area contributed by atoms with Gasteiger partial charge in [-0.1, -0.05) is 45.9 Å². The van der Waals surface area contributed by atoms with Crippen LogP contribution in [0.4, 0.5) is 11.8 Å². The molecule has 0 radical (unpaired) electrons. The molecule has 0 bridgehead atoms. The molecule has 0 spiro atoms. The molecule has 10 atom stereocenters. The van der Waals surface area contributed by atoms with Gasteiger partial charge in [-0.15, -0.1) is 4.52 Å². The normalized spacial score (nSPS) is 24.6. The maximum atomic E-state index is 13.0. The Morgan fingerprint density at radius 1 is 1.08 bits per heavy atom. The molecule has 0 saturated carbocycles. The van der Waals surface area contributed by atoms with Gasteiger partial charge in [0.15, 0.2) is 28.9 Å². The van der Waals surface area contributed by atoms with Gasteiger partial charge in [0, 0.05) is 35.7 Å². The summed E-state index contributed by atoms with van der Waals surface area (Å²) in [6, 6.07) is 10.6. The van der Waals surface area contributed by atoms with Crippen molar-refractivity contribution in [2.24, 2.45) is 17.8 Å². The SMILES string of the molecule is CC(C)C(=O)Nc1nc2c(ncn2C2OC(CO)C(C)C2OP(OCCC#N)OCC2OC(c3cnc4c(NC(=O)c5ccccc5)nccn34)C(C)C2O[P+](=O)[O-])c(=O)[nH]1. The Kier molecular flexibility index (Phi) is 13.9. The molecule has 6 heterocycles. The van der Waals surface area contributed by atoms with Gasteiger partial charge in [-0.05, 0) is 16.7 Å². The van der Waals surface area contributed by atoms with Crippen molar-refractivity contribution in [3.63, 3.8) is 0 Å². The highest BCUT2D eigenvalue weighted by Crippen LogP contribution is 2.50. The Balaban J connectivity index is 1.12. The van der Waals surface area contributed by atoms with E-state index in [1.807, 2.05) is 6.07 Å². The number of nitriles is 1. The Labute approximate surface area is 349 Å². The van der Waals surface area contributed by atoms with Gasteiger partial charge >= 0.3 is 16.9 Å². The number of benzene rings is 1. The number of aliphatic hydroxyl groups is 1. The molecule has 5 aromatic rings. The van der Waals surface area contributed by atoms with Crippen molar-refractivity contribution in [3.8, 4) is 6.07 Å². The number of amides is 2.